The van der Waals surface area contributed by atoms with E-state index >= 15 is 0 Å². The van der Waals surface area contributed by atoms with Gasteiger partial charge in [-0.25, -0.2) is 9.13 Å². The normalized spacial score (nSPS) is 14.3. The summed E-state index contributed by atoms with van der Waals surface area (Å²) in [6.07, 6.45) is 58.5. The van der Waals surface area contributed by atoms with Gasteiger partial charge in [0.2, 0.25) is 0 Å². The number of unbranched alkanes of at least 4 members (excludes halogenated alkanes) is 44. The molecule has 3 N–H and O–H groups in total. The molecule has 17 nitrogen and oxygen atoms in total. The molecule has 0 fully saturated rings. The van der Waals surface area contributed by atoms with E-state index in [1.165, 1.54) is 218 Å². The number of aliphatic hydroxyl groups is 1. The molecule has 0 aliphatic rings. The maximum absolute atomic E-state index is 13.1. The maximum atomic E-state index is 13.1. The van der Waals surface area contributed by atoms with Crippen LogP contribution in [0.25, 0.3) is 0 Å². The van der Waals surface area contributed by atoms with Crippen molar-refractivity contribution in [2.24, 2.45) is 23.7 Å². The Hall–Kier alpha value is -1.94. The Balaban J connectivity index is 5.19. The average Bonchev–Trinajstić information content (AvgIpc) is 0.918. The predicted octanol–water partition coefficient (Wildman–Crippen LogP) is 24.4. The van der Waals surface area contributed by atoms with Gasteiger partial charge in [-0.1, -0.05) is 370 Å². The van der Waals surface area contributed by atoms with Gasteiger partial charge in [0.05, 0.1) is 26.4 Å². The number of phosphoric acid groups is 2. The smallest absolute Gasteiger partial charge is 0.462 e. The van der Waals surface area contributed by atoms with Crippen molar-refractivity contribution in [3.8, 4) is 0 Å². The van der Waals surface area contributed by atoms with E-state index in [2.05, 4.69) is 55.4 Å². The van der Waals surface area contributed by atoms with Crippen LogP contribution in [-0.2, 0) is 65.4 Å². The number of hydrogen-bond donors (Lipinski definition) is 3. The molecule has 0 aliphatic carbocycles. The number of esters is 4. The number of carbonyl (C=O) groups excluding carboxylic acids is 4. The minimum Gasteiger partial charge on any atom is -0.462 e. The first-order valence-electron chi connectivity index (χ1n) is 42.2. The van der Waals surface area contributed by atoms with Crippen LogP contribution in [0.5, 0.6) is 0 Å². The van der Waals surface area contributed by atoms with E-state index < -0.39 is 97.5 Å². The number of hydrogen-bond acceptors (Lipinski definition) is 15. The molecular formula is C82H160O17P2. The summed E-state index contributed by atoms with van der Waals surface area (Å²) < 4.78 is 68.7. The van der Waals surface area contributed by atoms with E-state index in [-0.39, 0.29) is 25.7 Å². The van der Waals surface area contributed by atoms with E-state index in [9.17, 15) is 43.2 Å². The SMILES string of the molecule is CCC(C)CCCCCCCCCCCCCCCCC(=O)O[C@H](COC(=O)CCCCCCCCC(C)C)COP(=O)(O)OC[C@H](O)COP(=O)(O)OC[C@@H](COC(=O)CCCCCCCCCCCCC(C)C)OC(=O)CCCCCCCCCCCCCCCCCCCCC(C)C. The molecule has 0 amide bonds. The number of rotatable bonds is 79. The molecule has 19 heteroatoms. The van der Waals surface area contributed by atoms with Crippen LogP contribution in [-0.4, -0.2) is 96.7 Å². The van der Waals surface area contributed by atoms with Gasteiger partial charge >= 0.3 is 39.5 Å². The minimum absolute atomic E-state index is 0.106. The van der Waals surface area contributed by atoms with Gasteiger partial charge in [-0.05, 0) is 49.4 Å². The van der Waals surface area contributed by atoms with Crippen LogP contribution >= 0.6 is 15.6 Å². The van der Waals surface area contributed by atoms with Crippen LogP contribution in [0.1, 0.15) is 421 Å². The van der Waals surface area contributed by atoms with E-state index in [0.717, 1.165) is 114 Å². The van der Waals surface area contributed by atoms with Crippen LogP contribution < -0.4 is 0 Å². The molecule has 3 unspecified atom stereocenters. The molecule has 0 heterocycles. The van der Waals surface area contributed by atoms with Gasteiger partial charge in [0.1, 0.15) is 19.3 Å². The van der Waals surface area contributed by atoms with Crippen molar-refractivity contribution in [3.63, 3.8) is 0 Å². The summed E-state index contributed by atoms with van der Waals surface area (Å²) in [4.78, 5) is 73.0. The van der Waals surface area contributed by atoms with E-state index in [0.29, 0.717) is 31.6 Å². The van der Waals surface area contributed by atoms with E-state index in [1.807, 2.05) is 0 Å². The predicted molar refractivity (Wildman–Crippen MR) is 414 cm³/mol. The van der Waals surface area contributed by atoms with Crippen molar-refractivity contribution in [1.82, 2.24) is 0 Å². The van der Waals surface area contributed by atoms with E-state index in [4.69, 9.17) is 37.0 Å². The highest BCUT2D eigenvalue weighted by atomic mass is 31.2. The highest BCUT2D eigenvalue weighted by Gasteiger charge is 2.30. The second-order valence-electron chi connectivity index (χ2n) is 31.2. The molecule has 0 bridgehead atoms. The zero-order chi connectivity index (χ0) is 74.6. The molecule has 0 saturated heterocycles. The van der Waals surface area contributed by atoms with Gasteiger partial charge < -0.3 is 33.8 Å². The molecule has 0 rings (SSSR count). The van der Waals surface area contributed by atoms with Gasteiger partial charge in [-0.3, -0.25) is 37.3 Å². The fourth-order valence-electron chi connectivity index (χ4n) is 12.6. The number of aliphatic hydroxyl groups excluding tert-OH is 1. The van der Waals surface area contributed by atoms with Crippen LogP contribution in [0.2, 0.25) is 0 Å². The minimum atomic E-state index is -4.96. The third-order valence-electron chi connectivity index (χ3n) is 19.4. The molecule has 101 heavy (non-hydrogen) atoms. The molecular weight excluding hydrogens is 1320 g/mol. The van der Waals surface area contributed by atoms with Crippen LogP contribution in [0.15, 0.2) is 0 Å². The molecule has 6 atom stereocenters. The number of ether oxygens (including phenoxy) is 4. The topological polar surface area (TPSA) is 237 Å². The summed E-state index contributed by atoms with van der Waals surface area (Å²) in [5.41, 5.74) is 0. The second kappa shape index (κ2) is 71.0. The standard InChI is InChI=1S/C82H160O17P2/c1-9-75(8)61-53-45-36-30-23-19-16-17-21-25-33-39-49-57-65-82(87)99-78(69-93-80(85)63-55-47-41-40-44-52-60-74(6)7)71-97-101(90,91)95-67-76(83)66-94-100(88,89)96-70-77(68-92-79(84)62-54-46-37-31-27-26-29-35-43-51-59-73(4)5)98-81(86)64-56-48-38-32-24-20-15-13-11-10-12-14-18-22-28-34-42-50-58-72(2)3/h72-78,83H,9-71H2,1-8H3,(H,88,89)(H,90,91)/t75?,76-,77-,78-/m1/s1. The largest absolute Gasteiger partial charge is 0.472 e. The average molecular weight is 1480 g/mol. The van der Waals surface area contributed by atoms with Crippen molar-refractivity contribution in [2.75, 3.05) is 39.6 Å². The van der Waals surface area contributed by atoms with Crippen LogP contribution in [0.4, 0.5) is 0 Å². The van der Waals surface area contributed by atoms with Crippen molar-refractivity contribution in [3.05, 3.63) is 0 Å². The van der Waals surface area contributed by atoms with Crippen molar-refractivity contribution in [1.29, 1.82) is 0 Å². The third-order valence-corrected chi connectivity index (χ3v) is 21.3. The summed E-state index contributed by atoms with van der Waals surface area (Å²) in [5, 5.41) is 10.6. The number of phosphoric ester groups is 2. The Morgan fingerprint density at radius 2 is 0.475 bits per heavy atom. The van der Waals surface area contributed by atoms with Crippen LogP contribution in [0.3, 0.4) is 0 Å². The fourth-order valence-corrected chi connectivity index (χ4v) is 14.2. The zero-order valence-electron chi connectivity index (χ0n) is 66.5. The maximum Gasteiger partial charge on any atom is 0.472 e. The summed E-state index contributed by atoms with van der Waals surface area (Å²) in [6.45, 7) is 14.2. The lowest BCUT2D eigenvalue weighted by Gasteiger charge is -2.21. The second-order valence-corrected chi connectivity index (χ2v) is 34.1. The zero-order valence-corrected chi connectivity index (χ0v) is 68.3. The lowest BCUT2D eigenvalue weighted by atomic mass is 9.99. The Morgan fingerprint density at radius 1 is 0.277 bits per heavy atom. The molecule has 0 radical (unpaired) electrons. The Labute approximate surface area is 619 Å². The van der Waals surface area contributed by atoms with Crippen LogP contribution in [0, 0.1) is 23.7 Å². The first kappa shape index (κ1) is 99.1. The van der Waals surface area contributed by atoms with Crippen molar-refractivity contribution >= 4 is 39.5 Å². The lowest BCUT2D eigenvalue weighted by Crippen LogP contribution is -2.30. The highest BCUT2D eigenvalue weighted by molar-refractivity contribution is 7.47. The quantitative estimate of drug-likeness (QED) is 0.0222. The first-order valence-corrected chi connectivity index (χ1v) is 45.2. The Kier molecular flexibility index (Phi) is 69.6. The highest BCUT2D eigenvalue weighted by Crippen LogP contribution is 2.45. The summed E-state index contributed by atoms with van der Waals surface area (Å²) in [5.74, 6) is 0.989. The lowest BCUT2D eigenvalue weighted by molar-refractivity contribution is -0.161. The van der Waals surface area contributed by atoms with E-state index in [1.54, 1.807) is 0 Å². The monoisotopic (exact) mass is 1480 g/mol. The van der Waals surface area contributed by atoms with Gasteiger partial charge in [0.25, 0.3) is 0 Å². The molecule has 0 aromatic carbocycles. The fraction of sp³-hybridized carbons (Fsp3) is 0.951. The van der Waals surface area contributed by atoms with Gasteiger partial charge in [0.15, 0.2) is 12.2 Å². The van der Waals surface area contributed by atoms with Gasteiger partial charge in [0, 0.05) is 25.7 Å². The summed E-state index contributed by atoms with van der Waals surface area (Å²) in [7, 11) is -9.92. The third kappa shape index (κ3) is 74.7. The van der Waals surface area contributed by atoms with Gasteiger partial charge in [-0.2, -0.15) is 0 Å². The Morgan fingerprint density at radius 3 is 0.703 bits per heavy atom. The molecule has 0 saturated carbocycles. The summed E-state index contributed by atoms with van der Waals surface area (Å²) in [6, 6.07) is 0. The molecule has 600 valence electrons. The van der Waals surface area contributed by atoms with Crippen molar-refractivity contribution < 1.29 is 80.2 Å². The number of carbonyl (C=O) groups is 4. The van der Waals surface area contributed by atoms with Gasteiger partial charge in [-0.15, -0.1) is 0 Å². The Bertz CT molecular complexity index is 1970. The molecule has 0 aromatic heterocycles. The molecule has 0 aliphatic heterocycles. The first-order chi connectivity index (χ1) is 48.6. The summed E-state index contributed by atoms with van der Waals surface area (Å²) >= 11 is 0. The van der Waals surface area contributed by atoms with Crippen molar-refractivity contribution in [2.45, 2.75) is 440 Å². The molecule has 0 aromatic rings. The molecule has 0 spiro atoms.